The van der Waals surface area contributed by atoms with Crippen LogP contribution in [0.25, 0.3) is 0 Å². The number of nitrogens with one attached hydrogen (secondary N) is 1. The molecule has 1 N–H and O–H groups in total. The average Bonchev–Trinajstić information content (AvgIpc) is 2.93. The van der Waals surface area contributed by atoms with Gasteiger partial charge in [-0.05, 0) is 35.7 Å². The molecular formula is C19H19F2N5S. The molecule has 0 spiro atoms. The Bertz CT molecular complexity index is 921. The largest absolute Gasteiger partial charge is 0.317 e. The quantitative estimate of drug-likeness (QED) is 0.551. The third kappa shape index (κ3) is 4.57. The van der Waals surface area contributed by atoms with Gasteiger partial charge in [0.25, 0.3) is 0 Å². The highest BCUT2D eigenvalue weighted by molar-refractivity contribution is 7.99. The molecule has 0 aliphatic rings. The number of pyridine rings is 1. The maximum absolute atomic E-state index is 13.6. The summed E-state index contributed by atoms with van der Waals surface area (Å²) >= 11 is 1.27. The fraction of sp³-hybridized carbons (Fsp3) is 0.263. The second-order valence-corrected chi connectivity index (χ2v) is 7.40. The number of nitrogens with zero attached hydrogens (tertiary/aromatic N) is 4. The van der Waals surface area contributed by atoms with Crippen molar-refractivity contribution >= 4 is 11.8 Å². The van der Waals surface area contributed by atoms with Crippen LogP contribution >= 0.6 is 11.8 Å². The fourth-order valence-electron chi connectivity index (χ4n) is 2.71. The Morgan fingerprint density at radius 1 is 1.15 bits per heavy atom. The van der Waals surface area contributed by atoms with E-state index in [1.54, 1.807) is 12.4 Å². The molecule has 5 nitrogen and oxygen atoms in total. The molecule has 0 saturated heterocycles. The smallest absolute Gasteiger partial charge is 0.133 e. The van der Waals surface area contributed by atoms with Crippen LogP contribution < -0.4 is 0 Å². The van der Waals surface area contributed by atoms with Crippen molar-refractivity contribution in [2.75, 3.05) is 0 Å². The summed E-state index contributed by atoms with van der Waals surface area (Å²) in [4.78, 5) is 9.15. The Hall–Kier alpha value is -2.61. The van der Waals surface area contributed by atoms with Gasteiger partial charge in [0.05, 0.1) is 5.69 Å². The molecule has 0 saturated carbocycles. The van der Waals surface area contributed by atoms with E-state index in [1.165, 1.54) is 23.9 Å². The van der Waals surface area contributed by atoms with Gasteiger partial charge in [-0.25, -0.2) is 19.3 Å². The first-order valence-corrected chi connectivity index (χ1v) is 9.25. The van der Waals surface area contributed by atoms with Crippen LogP contribution in [0.5, 0.6) is 0 Å². The molecule has 140 valence electrons. The van der Waals surface area contributed by atoms with Gasteiger partial charge < -0.3 is 4.57 Å². The SMILES string of the molecule is CC(C)c1nc(CN=N)n(Cc2ccncc2)c1Sc1cc(F)cc(F)c1. The van der Waals surface area contributed by atoms with E-state index >= 15 is 0 Å². The highest BCUT2D eigenvalue weighted by Crippen LogP contribution is 2.36. The summed E-state index contributed by atoms with van der Waals surface area (Å²) in [6.07, 6.45) is 3.41. The summed E-state index contributed by atoms with van der Waals surface area (Å²) in [5, 5.41) is 4.28. The molecule has 3 rings (SSSR count). The van der Waals surface area contributed by atoms with Crippen LogP contribution in [-0.2, 0) is 13.1 Å². The summed E-state index contributed by atoms with van der Waals surface area (Å²) < 4.78 is 29.2. The lowest BCUT2D eigenvalue weighted by Crippen LogP contribution is -2.06. The van der Waals surface area contributed by atoms with Crippen molar-refractivity contribution in [3.63, 3.8) is 0 Å². The molecule has 0 radical (unpaired) electrons. The minimum absolute atomic E-state index is 0.106. The predicted molar refractivity (Wildman–Crippen MR) is 99.0 cm³/mol. The van der Waals surface area contributed by atoms with Gasteiger partial charge in [0, 0.05) is 29.9 Å². The van der Waals surface area contributed by atoms with Gasteiger partial charge in [-0.3, -0.25) is 4.98 Å². The fourth-order valence-corrected chi connectivity index (χ4v) is 3.94. The lowest BCUT2D eigenvalue weighted by atomic mass is 10.1. The standard InChI is InChI=1S/C19H19F2N5S/c1-12(2)18-19(27-16-8-14(20)7-15(21)9-16)26(17(25-18)10-24-22)11-13-3-5-23-6-4-13/h3-9,12,22H,10-11H2,1-2H3. The third-order valence-electron chi connectivity index (χ3n) is 3.93. The maximum Gasteiger partial charge on any atom is 0.133 e. The van der Waals surface area contributed by atoms with Gasteiger partial charge >= 0.3 is 0 Å². The summed E-state index contributed by atoms with van der Waals surface area (Å²) in [7, 11) is 0. The number of imidazole rings is 1. The van der Waals surface area contributed by atoms with E-state index < -0.39 is 11.6 Å². The van der Waals surface area contributed by atoms with Crippen molar-refractivity contribution in [3.8, 4) is 0 Å². The Labute approximate surface area is 160 Å². The van der Waals surface area contributed by atoms with Crippen molar-refractivity contribution in [1.29, 1.82) is 5.53 Å². The maximum atomic E-state index is 13.6. The summed E-state index contributed by atoms with van der Waals surface area (Å²) in [6.45, 7) is 4.67. The number of benzene rings is 1. The van der Waals surface area contributed by atoms with Crippen molar-refractivity contribution in [1.82, 2.24) is 14.5 Å². The zero-order valence-corrected chi connectivity index (χ0v) is 15.8. The van der Waals surface area contributed by atoms with E-state index in [0.717, 1.165) is 22.3 Å². The molecule has 8 heteroatoms. The van der Waals surface area contributed by atoms with E-state index in [1.807, 2.05) is 30.5 Å². The predicted octanol–water partition coefficient (Wildman–Crippen LogP) is 5.41. The minimum atomic E-state index is -0.620. The van der Waals surface area contributed by atoms with Gasteiger partial charge in [0.2, 0.25) is 0 Å². The zero-order chi connectivity index (χ0) is 19.4. The number of aromatic nitrogens is 3. The molecule has 0 aliphatic heterocycles. The summed E-state index contributed by atoms with van der Waals surface area (Å²) in [6, 6.07) is 7.25. The first-order chi connectivity index (χ1) is 13.0. The molecule has 0 atom stereocenters. The van der Waals surface area contributed by atoms with Crippen molar-refractivity contribution in [2.24, 2.45) is 5.11 Å². The number of hydrogen-bond donors (Lipinski definition) is 1. The minimum Gasteiger partial charge on any atom is -0.317 e. The Kier molecular flexibility index (Phi) is 5.95. The van der Waals surface area contributed by atoms with Crippen molar-refractivity contribution in [3.05, 3.63) is 71.4 Å². The van der Waals surface area contributed by atoms with Crippen LogP contribution in [0.15, 0.2) is 57.8 Å². The van der Waals surface area contributed by atoms with Gasteiger partial charge in [-0.2, -0.15) is 5.11 Å². The molecule has 0 amide bonds. The number of rotatable bonds is 7. The molecule has 0 unspecified atom stereocenters. The third-order valence-corrected chi connectivity index (χ3v) is 5.03. The van der Waals surface area contributed by atoms with E-state index in [0.29, 0.717) is 17.3 Å². The summed E-state index contributed by atoms with van der Waals surface area (Å²) in [5.41, 5.74) is 9.06. The lowest BCUT2D eigenvalue weighted by molar-refractivity contribution is 0.577. The van der Waals surface area contributed by atoms with Crippen LogP contribution in [0.3, 0.4) is 0 Å². The first kappa shape index (κ1) is 19.2. The van der Waals surface area contributed by atoms with Crippen LogP contribution in [-0.4, -0.2) is 14.5 Å². The normalized spacial score (nSPS) is 11.1. The van der Waals surface area contributed by atoms with Crippen LogP contribution in [0.1, 0.15) is 36.8 Å². The van der Waals surface area contributed by atoms with Gasteiger partial charge in [0.15, 0.2) is 0 Å². The molecule has 0 aliphatic carbocycles. The van der Waals surface area contributed by atoms with E-state index in [-0.39, 0.29) is 12.5 Å². The van der Waals surface area contributed by atoms with Gasteiger partial charge in [-0.1, -0.05) is 25.6 Å². The summed E-state index contributed by atoms with van der Waals surface area (Å²) in [5.74, 6) is -0.491. The first-order valence-electron chi connectivity index (χ1n) is 8.43. The second-order valence-electron chi connectivity index (χ2n) is 6.34. The molecule has 0 bridgehead atoms. The molecule has 27 heavy (non-hydrogen) atoms. The Morgan fingerprint density at radius 2 is 1.81 bits per heavy atom. The molecule has 3 aromatic rings. The van der Waals surface area contributed by atoms with Crippen LogP contribution in [0.2, 0.25) is 0 Å². The molecular weight excluding hydrogens is 368 g/mol. The lowest BCUT2D eigenvalue weighted by Gasteiger charge is -2.13. The molecule has 0 fully saturated rings. The van der Waals surface area contributed by atoms with Crippen LogP contribution in [0, 0.1) is 17.2 Å². The molecule has 2 heterocycles. The zero-order valence-electron chi connectivity index (χ0n) is 15.0. The van der Waals surface area contributed by atoms with Crippen molar-refractivity contribution in [2.45, 2.75) is 42.8 Å². The monoisotopic (exact) mass is 387 g/mol. The van der Waals surface area contributed by atoms with E-state index in [4.69, 9.17) is 5.53 Å². The van der Waals surface area contributed by atoms with Crippen molar-refractivity contribution < 1.29 is 8.78 Å². The van der Waals surface area contributed by atoms with Crippen LogP contribution in [0.4, 0.5) is 8.78 Å². The van der Waals surface area contributed by atoms with Gasteiger partial charge in [0.1, 0.15) is 29.0 Å². The van der Waals surface area contributed by atoms with E-state index in [2.05, 4.69) is 15.1 Å². The molecule has 2 aromatic heterocycles. The average molecular weight is 387 g/mol. The van der Waals surface area contributed by atoms with Gasteiger partial charge in [-0.15, -0.1) is 0 Å². The second kappa shape index (κ2) is 8.39. The Balaban J connectivity index is 2.09. The number of halogens is 2. The Morgan fingerprint density at radius 3 is 2.41 bits per heavy atom. The molecule has 1 aromatic carbocycles. The highest BCUT2D eigenvalue weighted by Gasteiger charge is 2.21. The van der Waals surface area contributed by atoms with E-state index in [9.17, 15) is 8.78 Å². The highest BCUT2D eigenvalue weighted by atomic mass is 32.2. The topological polar surface area (TPSA) is 66.9 Å². The number of hydrogen-bond acceptors (Lipinski definition) is 5.